The van der Waals surface area contributed by atoms with Gasteiger partial charge in [0.15, 0.2) is 0 Å². The maximum atomic E-state index is 10.3. The molecule has 0 heterocycles. The minimum absolute atomic E-state index is 0.0133. The lowest BCUT2D eigenvalue weighted by atomic mass is 10.3. The van der Waals surface area contributed by atoms with Crippen molar-refractivity contribution in [2.24, 2.45) is 0 Å². The molecule has 9 nitrogen and oxygen atoms in total. The summed E-state index contributed by atoms with van der Waals surface area (Å²) in [5, 5.41) is 0. The number of rotatable bonds is 20. The summed E-state index contributed by atoms with van der Waals surface area (Å²) in [6.45, 7) is 6.89. The summed E-state index contributed by atoms with van der Waals surface area (Å²) in [4.78, 5) is 30.9. The van der Waals surface area contributed by atoms with E-state index < -0.39 is 0 Å². The van der Waals surface area contributed by atoms with Gasteiger partial charge < -0.3 is 42.8 Å². The van der Waals surface area contributed by atoms with E-state index in [9.17, 15) is 14.4 Å². The highest BCUT2D eigenvalue weighted by Crippen LogP contribution is 2.02. The predicted molar refractivity (Wildman–Crippen MR) is 95.8 cm³/mol. The molecular weight excluding hydrogens is 360 g/mol. The van der Waals surface area contributed by atoms with Gasteiger partial charge in [-0.1, -0.05) is 0 Å². The van der Waals surface area contributed by atoms with Crippen LogP contribution in [-0.2, 0) is 42.8 Å². The van der Waals surface area contributed by atoms with Gasteiger partial charge in [-0.3, -0.25) is 0 Å². The molecule has 0 rings (SSSR count). The highest BCUT2D eigenvalue weighted by molar-refractivity contribution is 5.50. The third-order valence-corrected chi connectivity index (χ3v) is 3.23. The molecule has 27 heavy (non-hydrogen) atoms. The van der Waals surface area contributed by atoms with E-state index in [0.717, 1.165) is 0 Å². The number of hydrogen-bond donors (Lipinski definition) is 0. The fourth-order valence-corrected chi connectivity index (χ4v) is 1.90. The molecule has 0 aliphatic carbocycles. The molecule has 0 bridgehead atoms. The van der Waals surface area contributed by atoms with E-state index in [4.69, 9.17) is 28.4 Å². The molecule has 0 aromatic carbocycles. The van der Waals surface area contributed by atoms with Crippen LogP contribution in [0.15, 0.2) is 0 Å². The van der Waals surface area contributed by atoms with Crippen molar-refractivity contribution in [3.8, 4) is 0 Å². The maximum Gasteiger partial charge on any atom is 0.145 e. The highest BCUT2D eigenvalue weighted by atomic mass is 16.6. The second-order valence-corrected chi connectivity index (χ2v) is 5.96. The molecule has 0 aliphatic heterocycles. The summed E-state index contributed by atoms with van der Waals surface area (Å²) in [5.41, 5.74) is 0. The average molecular weight is 392 g/mol. The minimum atomic E-state index is -0.358. The van der Waals surface area contributed by atoms with Gasteiger partial charge in [0.1, 0.15) is 44.8 Å². The van der Waals surface area contributed by atoms with E-state index in [1.54, 1.807) is 20.8 Å². The Morgan fingerprint density at radius 1 is 0.556 bits per heavy atom. The molecule has 3 atom stereocenters. The van der Waals surface area contributed by atoms with Crippen molar-refractivity contribution in [3.63, 3.8) is 0 Å². The Morgan fingerprint density at radius 3 is 1.30 bits per heavy atom. The van der Waals surface area contributed by atoms with Crippen LogP contribution in [0, 0.1) is 0 Å². The minimum Gasteiger partial charge on any atom is -0.376 e. The summed E-state index contributed by atoms with van der Waals surface area (Å²) < 4.78 is 32.5. The van der Waals surface area contributed by atoms with Gasteiger partial charge >= 0.3 is 0 Å². The van der Waals surface area contributed by atoms with Gasteiger partial charge in [-0.05, 0) is 20.8 Å². The third-order valence-electron chi connectivity index (χ3n) is 3.23. The van der Waals surface area contributed by atoms with Crippen LogP contribution >= 0.6 is 0 Å². The van der Waals surface area contributed by atoms with Gasteiger partial charge in [0.25, 0.3) is 0 Å². The summed E-state index contributed by atoms with van der Waals surface area (Å²) in [6, 6.07) is 0. The molecular formula is C18H32O9. The van der Waals surface area contributed by atoms with E-state index >= 15 is 0 Å². The monoisotopic (exact) mass is 392 g/mol. The topological polar surface area (TPSA) is 107 Å². The zero-order valence-corrected chi connectivity index (χ0v) is 16.4. The number of aldehydes is 3. The molecule has 0 amide bonds. The summed E-state index contributed by atoms with van der Waals surface area (Å²) >= 11 is 0. The summed E-state index contributed by atoms with van der Waals surface area (Å²) in [5.74, 6) is 0. The van der Waals surface area contributed by atoms with E-state index in [2.05, 4.69) is 0 Å². The molecule has 0 spiro atoms. The number of ether oxygens (including phenoxy) is 6. The number of carbonyl (C=O) groups is 3. The van der Waals surface area contributed by atoms with Crippen molar-refractivity contribution in [1.82, 2.24) is 0 Å². The fraction of sp³-hybridized carbons (Fsp3) is 0.833. The lowest BCUT2D eigenvalue weighted by Gasteiger charge is -2.22. The van der Waals surface area contributed by atoms with Crippen LogP contribution in [0.25, 0.3) is 0 Å². The van der Waals surface area contributed by atoms with Gasteiger partial charge in [-0.2, -0.15) is 0 Å². The highest BCUT2D eigenvalue weighted by Gasteiger charge is 2.15. The average Bonchev–Trinajstić information content (AvgIpc) is 2.66. The molecule has 0 aromatic rings. The first-order valence-electron chi connectivity index (χ1n) is 8.96. The van der Waals surface area contributed by atoms with E-state index in [1.807, 2.05) is 0 Å². The van der Waals surface area contributed by atoms with Crippen LogP contribution < -0.4 is 0 Å². The Bertz CT molecular complexity index is 354. The third kappa shape index (κ3) is 16.7. The lowest BCUT2D eigenvalue weighted by Crippen LogP contribution is -2.32. The normalized spacial score (nSPS) is 15.7. The zero-order valence-electron chi connectivity index (χ0n) is 16.4. The van der Waals surface area contributed by atoms with Crippen molar-refractivity contribution < 1.29 is 42.8 Å². The molecule has 9 heteroatoms. The van der Waals surface area contributed by atoms with Gasteiger partial charge in [0, 0.05) is 0 Å². The quantitative estimate of drug-likeness (QED) is 0.269. The van der Waals surface area contributed by atoms with Crippen LogP contribution in [0.3, 0.4) is 0 Å². The Kier molecular flexibility index (Phi) is 17.3. The Balaban J connectivity index is 4.24. The predicted octanol–water partition coefficient (Wildman–Crippen LogP) is 0.217. The molecule has 0 fully saturated rings. The van der Waals surface area contributed by atoms with Crippen molar-refractivity contribution >= 4 is 18.9 Å². The van der Waals surface area contributed by atoms with Gasteiger partial charge in [0.2, 0.25) is 0 Å². The summed E-state index contributed by atoms with van der Waals surface area (Å²) in [7, 11) is 0. The lowest BCUT2D eigenvalue weighted by molar-refractivity contribution is -0.124. The fourth-order valence-electron chi connectivity index (χ4n) is 1.90. The Morgan fingerprint density at radius 2 is 0.926 bits per heavy atom. The molecule has 0 N–H and O–H groups in total. The maximum absolute atomic E-state index is 10.3. The molecule has 0 aromatic heterocycles. The Labute approximate surface area is 160 Å². The van der Waals surface area contributed by atoms with Crippen LogP contribution in [0.5, 0.6) is 0 Å². The van der Waals surface area contributed by atoms with Crippen LogP contribution in [0.2, 0.25) is 0 Å². The van der Waals surface area contributed by atoms with E-state index in [0.29, 0.717) is 32.1 Å². The second kappa shape index (κ2) is 18.1. The molecule has 0 saturated carbocycles. The van der Waals surface area contributed by atoms with E-state index in [-0.39, 0.29) is 64.1 Å². The smallest absolute Gasteiger partial charge is 0.145 e. The van der Waals surface area contributed by atoms with Gasteiger partial charge in [-0.25, -0.2) is 0 Å². The zero-order chi connectivity index (χ0) is 20.3. The molecule has 0 aliphatic rings. The summed E-state index contributed by atoms with van der Waals surface area (Å²) in [6.07, 6.45) is 1.01. The first-order chi connectivity index (χ1) is 13.0. The molecule has 158 valence electrons. The van der Waals surface area contributed by atoms with Gasteiger partial charge in [-0.15, -0.1) is 0 Å². The van der Waals surface area contributed by atoms with Crippen LogP contribution in [-0.4, -0.2) is 96.1 Å². The number of hydrogen-bond acceptors (Lipinski definition) is 9. The standard InChI is InChI=1S/C18H32O9/c1-15(24-7-4-19)10-22-13-18(27-12-17(3)26-9-6-21)14-23-11-16(2)25-8-5-20/h4-6,15-18H,7-14H2,1-3H3. The van der Waals surface area contributed by atoms with Crippen molar-refractivity contribution in [2.45, 2.75) is 45.2 Å². The van der Waals surface area contributed by atoms with Crippen LogP contribution in [0.1, 0.15) is 20.8 Å². The van der Waals surface area contributed by atoms with Crippen molar-refractivity contribution in [3.05, 3.63) is 0 Å². The van der Waals surface area contributed by atoms with Crippen molar-refractivity contribution in [1.29, 1.82) is 0 Å². The van der Waals surface area contributed by atoms with Crippen LogP contribution in [0.4, 0.5) is 0 Å². The first kappa shape index (κ1) is 25.8. The SMILES string of the molecule is CC(COCC(COCC(C)OCC=O)OCC(C)OCC=O)OCC=O. The molecule has 3 unspecified atom stereocenters. The molecule has 0 radical (unpaired) electrons. The second-order valence-electron chi connectivity index (χ2n) is 5.96. The number of carbonyl (C=O) groups excluding carboxylic acids is 3. The largest absolute Gasteiger partial charge is 0.376 e. The molecule has 0 saturated heterocycles. The Hall–Kier alpha value is -1.23. The van der Waals surface area contributed by atoms with Gasteiger partial charge in [0.05, 0.1) is 51.3 Å². The van der Waals surface area contributed by atoms with Crippen molar-refractivity contribution in [2.75, 3.05) is 52.9 Å². The first-order valence-corrected chi connectivity index (χ1v) is 8.96. The van der Waals surface area contributed by atoms with E-state index in [1.165, 1.54) is 0 Å².